The zero-order valence-corrected chi connectivity index (χ0v) is 11.5. The third kappa shape index (κ3) is 2.34. The van der Waals surface area contributed by atoms with Gasteiger partial charge < -0.3 is 9.64 Å². The summed E-state index contributed by atoms with van der Waals surface area (Å²) in [6.07, 6.45) is 4.52. The van der Waals surface area contributed by atoms with Gasteiger partial charge in [-0.15, -0.1) is 0 Å². The zero-order valence-electron chi connectivity index (χ0n) is 11.5. The predicted octanol–water partition coefficient (Wildman–Crippen LogP) is 3.16. The Morgan fingerprint density at radius 3 is 2.79 bits per heavy atom. The van der Waals surface area contributed by atoms with Crippen molar-refractivity contribution in [3.8, 4) is 5.75 Å². The number of fused-ring (bicyclic) bond motifs is 1. The van der Waals surface area contributed by atoms with Crippen LogP contribution in [0.3, 0.4) is 0 Å². The molecule has 0 aromatic heterocycles. The number of carbonyl (C=O) groups excluding carboxylic acids is 1. The number of hydrogen-bond acceptors (Lipinski definition) is 2. The largest absolute Gasteiger partial charge is 0.491 e. The molecule has 1 aliphatic carbocycles. The Morgan fingerprint density at radius 1 is 1.26 bits per heavy atom. The van der Waals surface area contributed by atoms with Crippen molar-refractivity contribution in [3.05, 3.63) is 29.8 Å². The van der Waals surface area contributed by atoms with Crippen LogP contribution in [0.4, 0.5) is 0 Å². The standard InChI is InChI=1S/C16H21NO2/c1-12-14-8-4-5-9-15(14)19-11-10-17(12)16(18)13-6-2-3-7-13/h4-5,8-9,12-13H,2-3,6-7,10-11H2,1H3. The van der Waals surface area contributed by atoms with Gasteiger partial charge in [-0.1, -0.05) is 31.0 Å². The highest BCUT2D eigenvalue weighted by molar-refractivity contribution is 5.79. The van der Waals surface area contributed by atoms with E-state index >= 15 is 0 Å². The summed E-state index contributed by atoms with van der Waals surface area (Å²) in [4.78, 5) is 14.7. The van der Waals surface area contributed by atoms with Gasteiger partial charge in [-0.05, 0) is 25.8 Å². The molecule has 0 bridgehead atoms. The second-order valence-corrected chi connectivity index (χ2v) is 5.58. The SMILES string of the molecule is CC1c2ccccc2OCCN1C(=O)C1CCCC1. The summed E-state index contributed by atoms with van der Waals surface area (Å²) in [6.45, 7) is 3.41. The van der Waals surface area contributed by atoms with Gasteiger partial charge >= 0.3 is 0 Å². The van der Waals surface area contributed by atoms with Crippen LogP contribution in [0.2, 0.25) is 0 Å². The number of amides is 1. The van der Waals surface area contributed by atoms with Crippen molar-refractivity contribution in [2.45, 2.75) is 38.6 Å². The first-order valence-corrected chi connectivity index (χ1v) is 7.29. The Morgan fingerprint density at radius 2 is 2.00 bits per heavy atom. The zero-order chi connectivity index (χ0) is 13.2. The Labute approximate surface area is 114 Å². The van der Waals surface area contributed by atoms with Crippen LogP contribution in [0.15, 0.2) is 24.3 Å². The fourth-order valence-corrected chi connectivity index (χ4v) is 3.28. The van der Waals surface area contributed by atoms with E-state index < -0.39 is 0 Å². The number of benzene rings is 1. The summed E-state index contributed by atoms with van der Waals surface area (Å²) in [5, 5.41) is 0. The van der Waals surface area contributed by atoms with Crippen LogP contribution in [0.1, 0.15) is 44.2 Å². The van der Waals surface area contributed by atoms with Gasteiger partial charge in [0.2, 0.25) is 5.91 Å². The number of hydrogen-bond donors (Lipinski definition) is 0. The van der Waals surface area contributed by atoms with Gasteiger partial charge in [0.05, 0.1) is 12.6 Å². The minimum Gasteiger partial charge on any atom is -0.491 e. The van der Waals surface area contributed by atoms with E-state index in [0.29, 0.717) is 19.1 Å². The van der Waals surface area contributed by atoms with E-state index in [0.717, 1.165) is 24.2 Å². The summed E-state index contributed by atoms with van der Waals surface area (Å²) in [5.74, 6) is 1.50. The lowest BCUT2D eigenvalue weighted by Gasteiger charge is -2.29. The quantitative estimate of drug-likeness (QED) is 0.775. The van der Waals surface area contributed by atoms with E-state index in [1.165, 1.54) is 12.8 Å². The van der Waals surface area contributed by atoms with Gasteiger partial charge in [0.25, 0.3) is 0 Å². The molecule has 1 aliphatic heterocycles. The average molecular weight is 259 g/mol. The third-order valence-electron chi connectivity index (χ3n) is 4.41. The van der Waals surface area contributed by atoms with E-state index in [-0.39, 0.29) is 12.0 Å². The molecule has 0 N–H and O–H groups in total. The topological polar surface area (TPSA) is 29.5 Å². The molecule has 0 saturated heterocycles. The van der Waals surface area contributed by atoms with Crippen molar-refractivity contribution in [2.24, 2.45) is 5.92 Å². The first-order chi connectivity index (χ1) is 9.27. The summed E-state index contributed by atoms with van der Waals surface area (Å²) < 4.78 is 5.77. The molecule has 1 amide bonds. The van der Waals surface area contributed by atoms with Gasteiger partial charge in [-0.2, -0.15) is 0 Å². The van der Waals surface area contributed by atoms with E-state index in [4.69, 9.17) is 4.74 Å². The first kappa shape index (κ1) is 12.5. The van der Waals surface area contributed by atoms with E-state index in [9.17, 15) is 4.79 Å². The number of rotatable bonds is 1. The molecule has 19 heavy (non-hydrogen) atoms. The maximum atomic E-state index is 12.6. The molecule has 3 rings (SSSR count). The van der Waals surface area contributed by atoms with Crippen LogP contribution >= 0.6 is 0 Å². The van der Waals surface area contributed by atoms with Crippen molar-refractivity contribution in [2.75, 3.05) is 13.2 Å². The Balaban J connectivity index is 1.84. The highest BCUT2D eigenvalue weighted by Gasteiger charge is 2.32. The molecule has 0 spiro atoms. The lowest BCUT2D eigenvalue weighted by Crippen LogP contribution is -2.38. The van der Waals surface area contributed by atoms with Crippen LogP contribution in [-0.4, -0.2) is 24.0 Å². The number of ether oxygens (including phenoxy) is 1. The van der Waals surface area contributed by atoms with Crippen LogP contribution < -0.4 is 4.74 Å². The summed E-state index contributed by atoms with van der Waals surface area (Å²) in [5.41, 5.74) is 1.13. The normalized spacial score (nSPS) is 23.6. The fourth-order valence-electron chi connectivity index (χ4n) is 3.28. The van der Waals surface area contributed by atoms with E-state index in [1.807, 2.05) is 23.1 Å². The minimum absolute atomic E-state index is 0.117. The smallest absolute Gasteiger partial charge is 0.226 e. The van der Waals surface area contributed by atoms with Gasteiger partial charge in [0.1, 0.15) is 12.4 Å². The maximum absolute atomic E-state index is 12.6. The monoisotopic (exact) mass is 259 g/mol. The third-order valence-corrected chi connectivity index (χ3v) is 4.41. The van der Waals surface area contributed by atoms with Crippen LogP contribution in [0, 0.1) is 5.92 Å². The van der Waals surface area contributed by atoms with E-state index in [1.54, 1.807) is 0 Å². The Kier molecular flexibility index (Phi) is 3.45. The second kappa shape index (κ2) is 5.24. The summed E-state index contributed by atoms with van der Waals surface area (Å²) in [6, 6.07) is 8.18. The molecule has 1 fully saturated rings. The molecule has 2 aliphatic rings. The first-order valence-electron chi connectivity index (χ1n) is 7.29. The average Bonchev–Trinajstić information content (AvgIpc) is 2.91. The minimum atomic E-state index is 0.117. The Hall–Kier alpha value is -1.51. The maximum Gasteiger partial charge on any atom is 0.226 e. The molecule has 1 saturated carbocycles. The van der Waals surface area contributed by atoms with Crippen molar-refractivity contribution >= 4 is 5.91 Å². The highest BCUT2D eigenvalue weighted by atomic mass is 16.5. The van der Waals surface area contributed by atoms with Crippen molar-refractivity contribution in [1.29, 1.82) is 0 Å². The number of nitrogens with zero attached hydrogens (tertiary/aromatic N) is 1. The van der Waals surface area contributed by atoms with Crippen molar-refractivity contribution in [3.63, 3.8) is 0 Å². The molecule has 3 heteroatoms. The lowest BCUT2D eigenvalue weighted by atomic mass is 10.0. The van der Waals surface area contributed by atoms with Crippen LogP contribution in [-0.2, 0) is 4.79 Å². The van der Waals surface area contributed by atoms with Crippen molar-refractivity contribution < 1.29 is 9.53 Å². The fraction of sp³-hybridized carbons (Fsp3) is 0.562. The van der Waals surface area contributed by atoms with Crippen LogP contribution in [0.5, 0.6) is 5.75 Å². The van der Waals surface area contributed by atoms with Gasteiger partial charge in [-0.3, -0.25) is 4.79 Å². The molecule has 0 radical (unpaired) electrons. The molecule has 102 valence electrons. The molecule has 1 aromatic carbocycles. The number of carbonyl (C=O) groups is 1. The summed E-state index contributed by atoms with van der Waals surface area (Å²) >= 11 is 0. The number of para-hydroxylation sites is 1. The molecule has 1 unspecified atom stereocenters. The van der Waals surface area contributed by atoms with Crippen LogP contribution in [0.25, 0.3) is 0 Å². The molecule has 3 nitrogen and oxygen atoms in total. The predicted molar refractivity (Wildman–Crippen MR) is 74.0 cm³/mol. The Bertz CT molecular complexity index is 466. The lowest BCUT2D eigenvalue weighted by molar-refractivity contribution is -0.137. The molecule has 1 atom stereocenters. The molecular formula is C16H21NO2. The van der Waals surface area contributed by atoms with Gasteiger partial charge in [0.15, 0.2) is 0 Å². The van der Waals surface area contributed by atoms with Gasteiger partial charge in [-0.25, -0.2) is 0 Å². The van der Waals surface area contributed by atoms with E-state index in [2.05, 4.69) is 13.0 Å². The van der Waals surface area contributed by atoms with Crippen molar-refractivity contribution in [1.82, 2.24) is 4.90 Å². The highest BCUT2D eigenvalue weighted by Crippen LogP contribution is 2.34. The van der Waals surface area contributed by atoms with Gasteiger partial charge in [0, 0.05) is 11.5 Å². The molecule has 1 aromatic rings. The molecular weight excluding hydrogens is 238 g/mol. The second-order valence-electron chi connectivity index (χ2n) is 5.58. The molecule has 1 heterocycles. The summed E-state index contributed by atoms with van der Waals surface area (Å²) in [7, 11) is 0.